The zero-order chi connectivity index (χ0) is 21.8. The predicted molar refractivity (Wildman–Crippen MR) is 117 cm³/mol. The van der Waals surface area contributed by atoms with Gasteiger partial charge in [0.15, 0.2) is 5.82 Å². The maximum absolute atomic E-state index is 13.9. The second kappa shape index (κ2) is 7.50. The molecule has 32 heavy (non-hydrogen) atoms. The molecule has 7 rings (SSSR count). The lowest BCUT2D eigenvalue weighted by Crippen LogP contribution is -2.45. The third-order valence-electron chi connectivity index (χ3n) is 7.48. The van der Waals surface area contributed by atoms with Gasteiger partial charge in [0.1, 0.15) is 11.5 Å². The van der Waals surface area contributed by atoms with Crippen LogP contribution >= 0.6 is 0 Å². The molecule has 0 aliphatic heterocycles. The Balaban J connectivity index is 1.43. The standard InChI is InChI=1S/C25H25FN4O2/c1-2-32-25(31)21-14-3-5-15(6-4-14)22(21)30-10-9-16-12-28-23(29-24(16)30)18-7-8-20-19(18)11-17(26)13-27-20/h7,9-15,21-22H,2-6,8H2,1H3/t14?,15?,21-,22-/m0/s1. The van der Waals surface area contributed by atoms with Gasteiger partial charge in [0.05, 0.1) is 30.5 Å². The Morgan fingerprint density at radius 3 is 2.81 bits per heavy atom. The summed E-state index contributed by atoms with van der Waals surface area (Å²) >= 11 is 0. The minimum Gasteiger partial charge on any atom is -0.466 e. The minimum atomic E-state index is -0.364. The van der Waals surface area contributed by atoms with Crippen LogP contribution < -0.4 is 0 Å². The second-order valence-corrected chi connectivity index (χ2v) is 9.11. The van der Waals surface area contributed by atoms with Crippen molar-refractivity contribution in [2.45, 2.75) is 45.1 Å². The summed E-state index contributed by atoms with van der Waals surface area (Å²) in [4.78, 5) is 26.7. The average Bonchev–Trinajstić information content (AvgIpc) is 3.42. The summed E-state index contributed by atoms with van der Waals surface area (Å²) in [7, 11) is 0. The fraction of sp³-hybridized carbons (Fsp3) is 0.440. The van der Waals surface area contributed by atoms with E-state index in [4.69, 9.17) is 9.72 Å². The molecule has 3 heterocycles. The first-order valence-corrected chi connectivity index (χ1v) is 11.5. The van der Waals surface area contributed by atoms with E-state index >= 15 is 0 Å². The molecule has 4 aliphatic carbocycles. The summed E-state index contributed by atoms with van der Waals surface area (Å²) in [6.45, 7) is 2.26. The highest BCUT2D eigenvalue weighted by Gasteiger charge is 2.49. The summed E-state index contributed by atoms with van der Waals surface area (Å²) in [5, 5.41) is 0.939. The summed E-state index contributed by atoms with van der Waals surface area (Å²) in [6, 6.07) is 3.57. The van der Waals surface area contributed by atoms with E-state index in [1.807, 2.05) is 31.5 Å². The minimum absolute atomic E-state index is 0.0470. The molecule has 0 aromatic carbocycles. The molecule has 164 valence electrons. The summed E-state index contributed by atoms with van der Waals surface area (Å²) in [5.74, 6) is 0.779. The highest BCUT2D eigenvalue weighted by Crippen LogP contribution is 2.52. The molecule has 0 amide bonds. The highest BCUT2D eigenvalue weighted by atomic mass is 19.1. The smallest absolute Gasteiger partial charge is 0.311 e. The Bertz CT molecular complexity index is 1240. The normalized spacial score (nSPS) is 26.2. The van der Waals surface area contributed by atoms with Crippen LogP contribution in [0.5, 0.6) is 0 Å². The molecule has 7 heteroatoms. The number of hydrogen-bond donors (Lipinski definition) is 0. The van der Waals surface area contributed by atoms with E-state index in [2.05, 4.69) is 14.5 Å². The van der Waals surface area contributed by atoms with Crippen molar-refractivity contribution >= 4 is 22.6 Å². The average molecular weight is 432 g/mol. The SMILES string of the molecule is CCOC(=O)[C@H]1C2CCC(CC2)[C@@H]1n1ccc2cnc(C3=CCc4ncc(F)cc43)nc21. The third kappa shape index (κ3) is 2.98. The Kier molecular flexibility index (Phi) is 4.59. The summed E-state index contributed by atoms with van der Waals surface area (Å²) in [5.41, 5.74) is 3.23. The van der Waals surface area contributed by atoms with E-state index in [0.29, 0.717) is 30.7 Å². The lowest BCUT2D eigenvalue weighted by Gasteiger charge is -2.47. The highest BCUT2D eigenvalue weighted by molar-refractivity contribution is 5.84. The van der Waals surface area contributed by atoms with E-state index in [0.717, 1.165) is 53.5 Å². The number of nitrogens with zero attached hydrogens (tertiary/aromatic N) is 4. The van der Waals surface area contributed by atoms with Crippen molar-refractivity contribution in [3.63, 3.8) is 0 Å². The van der Waals surface area contributed by atoms with E-state index in [1.165, 1.54) is 12.3 Å². The van der Waals surface area contributed by atoms with Crippen molar-refractivity contribution in [2.24, 2.45) is 17.8 Å². The van der Waals surface area contributed by atoms with Gasteiger partial charge in [0, 0.05) is 35.3 Å². The Hall–Kier alpha value is -3.09. The van der Waals surface area contributed by atoms with Crippen molar-refractivity contribution in [1.82, 2.24) is 19.5 Å². The van der Waals surface area contributed by atoms with Gasteiger partial charge in [-0.3, -0.25) is 9.78 Å². The molecule has 3 fully saturated rings. The number of carbonyl (C=O) groups is 1. The number of pyridine rings is 1. The predicted octanol–water partition coefficient (Wildman–Crippen LogP) is 4.49. The van der Waals surface area contributed by atoms with Crippen LogP contribution in [0.1, 0.15) is 55.7 Å². The first kappa shape index (κ1) is 19.6. The summed E-state index contributed by atoms with van der Waals surface area (Å²) < 4.78 is 21.5. The van der Waals surface area contributed by atoms with Crippen LogP contribution in [-0.2, 0) is 16.0 Å². The van der Waals surface area contributed by atoms with Crippen molar-refractivity contribution < 1.29 is 13.9 Å². The molecule has 2 bridgehead atoms. The number of fused-ring (bicyclic) bond motifs is 5. The third-order valence-corrected chi connectivity index (χ3v) is 7.48. The molecule has 4 aliphatic rings. The van der Waals surface area contributed by atoms with Gasteiger partial charge in [-0.1, -0.05) is 6.08 Å². The molecule has 3 aromatic rings. The van der Waals surface area contributed by atoms with Crippen LogP contribution in [0, 0.1) is 23.6 Å². The van der Waals surface area contributed by atoms with Crippen LogP contribution in [0.4, 0.5) is 4.39 Å². The number of ether oxygens (including phenoxy) is 1. The first-order chi connectivity index (χ1) is 15.6. The molecular weight excluding hydrogens is 407 g/mol. The zero-order valence-electron chi connectivity index (χ0n) is 18.0. The number of halogens is 1. The molecular formula is C25H25FN4O2. The molecule has 0 radical (unpaired) electrons. The Labute approximate surface area is 185 Å². The molecule has 2 atom stereocenters. The number of esters is 1. The lowest BCUT2D eigenvalue weighted by atomic mass is 9.61. The maximum atomic E-state index is 13.9. The first-order valence-electron chi connectivity index (χ1n) is 11.5. The van der Waals surface area contributed by atoms with Gasteiger partial charge in [-0.25, -0.2) is 14.4 Å². The van der Waals surface area contributed by atoms with E-state index in [1.54, 1.807) is 0 Å². The number of allylic oxidation sites excluding steroid dienone is 1. The number of aromatic nitrogens is 4. The van der Waals surface area contributed by atoms with Crippen LogP contribution in [0.25, 0.3) is 16.6 Å². The topological polar surface area (TPSA) is 69.9 Å². The van der Waals surface area contributed by atoms with Crippen LogP contribution in [0.15, 0.2) is 36.8 Å². The van der Waals surface area contributed by atoms with Crippen molar-refractivity contribution in [1.29, 1.82) is 0 Å². The molecule has 0 saturated heterocycles. The van der Waals surface area contributed by atoms with E-state index in [9.17, 15) is 9.18 Å². The van der Waals surface area contributed by atoms with Gasteiger partial charge >= 0.3 is 5.97 Å². The zero-order valence-corrected chi connectivity index (χ0v) is 18.0. The molecule has 6 nitrogen and oxygen atoms in total. The Morgan fingerprint density at radius 2 is 2.00 bits per heavy atom. The number of rotatable bonds is 4. The van der Waals surface area contributed by atoms with Gasteiger partial charge in [0.2, 0.25) is 0 Å². The quantitative estimate of drug-likeness (QED) is 0.568. The van der Waals surface area contributed by atoms with E-state index < -0.39 is 0 Å². The fourth-order valence-corrected chi connectivity index (χ4v) is 6.08. The molecule has 3 aromatic heterocycles. The van der Waals surface area contributed by atoms with Gasteiger partial charge in [-0.2, -0.15) is 0 Å². The lowest BCUT2D eigenvalue weighted by molar-refractivity contribution is -0.157. The fourth-order valence-electron chi connectivity index (χ4n) is 6.08. The summed E-state index contributed by atoms with van der Waals surface area (Å²) in [6.07, 6.45) is 12.2. The second-order valence-electron chi connectivity index (χ2n) is 9.11. The van der Waals surface area contributed by atoms with Gasteiger partial charge < -0.3 is 9.30 Å². The van der Waals surface area contributed by atoms with Gasteiger partial charge in [-0.15, -0.1) is 0 Å². The van der Waals surface area contributed by atoms with Gasteiger partial charge in [-0.05, 0) is 56.6 Å². The molecule has 0 N–H and O–H groups in total. The number of carbonyl (C=O) groups excluding carboxylic acids is 1. The molecule has 0 unspecified atom stereocenters. The van der Waals surface area contributed by atoms with Crippen molar-refractivity contribution in [2.75, 3.05) is 6.61 Å². The van der Waals surface area contributed by atoms with Crippen molar-refractivity contribution in [3.8, 4) is 0 Å². The number of hydrogen-bond acceptors (Lipinski definition) is 5. The largest absolute Gasteiger partial charge is 0.466 e. The molecule has 3 saturated carbocycles. The van der Waals surface area contributed by atoms with Crippen LogP contribution in [0.3, 0.4) is 0 Å². The molecule has 0 spiro atoms. The monoisotopic (exact) mass is 432 g/mol. The Morgan fingerprint density at radius 1 is 1.19 bits per heavy atom. The van der Waals surface area contributed by atoms with Crippen LogP contribution in [0.2, 0.25) is 0 Å². The maximum Gasteiger partial charge on any atom is 0.311 e. The van der Waals surface area contributed by atoms with Gasteiger partial charge in [0.25, 0.3) is 0 Å². The van der Waals surface area contributed by atoms with Crippen molar-refractivity contribution in [3.05, 3.63) is 59.7 Å². The van der Waals surface area contributed by atoms with Crippen LogP contribution in [-0.4, -0.2) is 32.1 Å². The van der Waals surface area contributed by atoms with E-state index in [-0.39, 0.29) is 23.7 Å².